The van der Waals surface area contributed by atoms with Crippen molar-refractivity contribution in [2.45, 2.75) is 25.8 Å². The van der Waals surface area contributed by atoms with Crippen LogP contribution in [-0.4, -0.2) is 35.4 Å². The first-order chi connectivity index (χ1) is 9.81. The molecule has 1 amide bonds. The van der Waals surface area contributed by atoms with E-state index in [1.54, 1.807) is 17.3 Å². The smallest absolute Gasteiger partial charge is 0.227 e. The molecule has 1 fully saturated rings. The molecule has 2 heterocycles. The predicted octanol–water partition coefficient (Wildman–Crippen LogP) is 1.32. The molecule has 1 saturated heterocycles. The number of nitriles is 1. The van der Waals surface area contributed by atoms with Gasteiger partial charge >= 0.3 is 0 Å². The first-order valence-corrected chi connectivity index (χ1v) is 7.06. The van der Waals surface area contributed by atoms with Crippen LogP contribution < -0.4 is 5.32 Å². The zero-order chi connectivity index (χ0) is 14.2. The molecule has 2 rings (SSSR count). The lowest BCUT2D eigenvalue weighted by molar-refractivity contribution is -0.136. The maximum Gasteiger partial charge on any atom is 0.227 e. The Morgan fingerprint density at radius 1 is 1.60 bits per heavy atom. The second-order valence-electron chi connectivity index (χ2n) is 5.07. The van der Waals surface area contributed by atoms with Crippen LogP contribution in [0.15, 0.2) is 24.5 Å². The van der Waals surface area contributed by atoms with Crippen molar-refractivity contribution in [2.75, 3.05) is 19.6 Å². The fourth-order valence-electron chi connectivity index (χ4n) is 2.48. The Balaban J connectivity index is 2.02. The van der Waals surface area contributed by atoms with Crippen molar-refractivity contribution in [3.05, 3.63) is 30.1 Å². The zero-order valence-corrected chi connectivity index (χ0v) is 11.6. The van der Waals surface area contributed by atoms with Crippen molar-refractivity contribution in [3.63, 3.8) is 0 Å². The van der Waals surface area contributed by atoms with Crippen LogP contribution in [0.1, 0.15) is 24.8 Å². The lowest BCUT2D eigenvalue weighted by Gasteiger charge is -2.29. The minimum atomic E-state index is 0.0408. The molecule has 1 aromatic rings. The van der Waals surface area contributed by atoms with Crippen molar-refractivity contribution in [1.29, 1.82) is 5.26 Å². The van der Waals surface area contributed by atoms with Gasteiger partial charge in [0.15, 0.2) is 0 Å². The number of piperidine rings is 1. The van der Waals surface area contributed by atoms with Crippen molar-refractivity contribution in [2.24, 2.45) is 5.92 Å². The molecule has 0 aliphatic carbocycles. The minimum Gasteiger partial charge on any atom is -0.337 e. The van der Waals surface area contributed by atoms with Crippen molar-refractivity contribution >= 4 is 5.91 Å². The first kappa shape index (κ1) is 14.5. The summed E-state index contributed by atoms with van der Waals surface area (Å²) in [5, 5.41) is 12.0. The highest BCUT2D eigenvalue weighted by Gasteiger charge is 2.25. The van der Waals surface area contributed by atoms with E-state index in [9.17, 15) is 4.79 Å². The van der Waals surface area contributed by atoms with Gasteiger partial charge in [-0.25, -0.2) is 0 Å². The van der Waals surface area contributed by atoms with E-state index in [-0.39, 0.29) is 11.8 Å². The van der Waals surface area contributed by atoms with Gasteiger partial charge in [0.25, 0.3) is 0 Å². The Kier molecular flexibility index (Phi) is 5.51. The summed E-state index contributed by atoms with van der Waals surface area (Å²) in [7, 11) is 0. The second kappa shape index (κ2) is 7.61. The topological polar surface area (TPSA) is 69.0 Å². The quantitative estimate of drug-likeness (QED) is 0.878. The fourth-order valence-corrected chi connectivity index (χ4v) is 2.48. The Morgan fingerprint density at radius 2 is 2.50 bits per heavy atom. The molecule has 20 heavy (non-hydrogen) atoms. The van der Waals surface area contributed by atoms with Gasteiger partial charge in [0, 0.05) is 32.0 Å². The summed E-state index contributed by atoms with van der Waals surface area (Å²) in [5.41, 5.74) is 1.00. The summed E-state index contributed by atoms with van der Waals surface area (Å²) in [6, 6.07) is 5.94. The molecule has 1 atom stereocenters. The molecule has 5 nitrogen and oxygen atoms in total. The molecule has 1 N–H and O–H groups in total. The normalized spacial score (nSPS) is 18.2. The number of carbonyl (C=O) groups is 1. The van der Waals surface area contributed by atoms with Crippen LogP contribution in [0.5, 0.6) is 0 Å². The maximum atomic E-state index is 12.6. The van der Waals surface area contributed by atoms with E-state index in [1.807, 2.05) is 12.1 Å². The van der Waals surface area contributed by atoms with Crippen LogP contribution >= 0.6 is 0 Å². The molecule has 0 unspecified atom stereocenters. The van der Waals surface area contributed by atoms with Gasteiger partial charge in [0.2, 0.25) is 5.91 Å². The van der Waals surface area contributed by atoms with Gasteiger partial charge in [0.05, 0.1) is 18.4 Å². The third kappa shape index (κ3) is 4.04. The molecule has 0 bridgehead atoms. The van der Waals surface area contributed by atoms with Crippen LogP contribution in [0.25, 0.3) is 0 Å². The Labute approximate surface area is 119 Å². The Hall–Kier alpha value is -1.93. The third-order valence-electron chi connectivity index (χ3n) is 3.55. The van der Waals surface area contributed by atoms with Crippen molar-refractivity contribution in [3.8, 4) is 6.07 Å². The van der Waals surface area contributed by atoms with Crippen molar-refractivity contribution < 1.29 is 4.79 Å². The molecule has 1 aromatic heterocycles. The van der Waals surface area contributed by atoms with E-state index in [2.05, 4.69) is 16.4 Å². The number of nitrogens with one attached hydrogen (secondary N) is 1. The molecule has 106 valence electrons. The van der Waals surface area contributed by atoms with Crippen LogP contribution in [0, 0.1) is 17.2 Å². The molecule has 0 spiro atoms. The van der Waals surface area contributed by atoms with Gasteiger partial charge in [-0.05, 0) is 31.0 Å². The average molecular weight is 272 g/mol. The van der Waals surface area contributed by atoms with E-state index in [0.717, 1.165) is 31.5 Å². The predicted molar refractivity (Wildman–Crippen MR) is 75.5 cm³/mol. The SMILES string of the molecule is N#CCCN(Cc1cccnc1)C(=O)[C@@H]1CCCNC1. The molecule has 1 aliphatic heterocycles. The number of hydrogen-bond donors (Lipinski definition) is 1. The number of rotatable bonds is 5. The summed E-state index contributed by atoms with van der Waals surface area (Å²) in [4.78, 5) is 18.4. The van der Waals surface area contributed by atoms with E-state index in [4.69, 9.17) is 5.26 Å². The average Bonchev–Trinajstić information content (AvgIpc) is 2.52. The summed E-state index contributed by atoms with van der Waals surface area (Å²) in [6.45, 7) is 2.76. The highest BCUT2D eigenvalue weighted by molar-refractivity contribution is 5.79. The summed E-state index contributed by atoms with van der Waals surface area (Å²) < 4.78 is 0. The van der Waals surface area contributed by atoms with Gasteiger partial charge < -0.3 is 10.2 Å². The standard InChI is InChI=1S/C15H20N4O/c16-6-3-9-19(12-13-4-1-7-17-10-13)15(20)14-5-2-8-18-11-14/h1,4,7,10,14,18H,2-3,5,8-9,11-12H2/t14-/m1/s1. The molecular weight excluding hydrogens is 252 g/mol. The zero-order valence-electron chi connectivity index (χ0n) is 11.6. The molecular formula is C15H20N4O. The maximum absolute atomic E-state index is 12.6. The number of pyridine rings is 1. The van der Waals surface area contributed by atoms with Crippen LogP contribution in [-0.2, 0) is 11.3 Å². The monoisotopic (exact) mass is 272 g/mol. The van der Waals surface area contributed by atoms with E-state index in [0.29, 0.717) is 19.5 Å². The van der Waals surface area contributed by atoms with Gasteiger partial charge in [0.1, 0.15) is 0 Å². The molecule has 5 heteroatoms. The second-order valence-corrected chi connectivity index (χ2v) is 5.07. The Bertz CT molecular complexity index is 463. The summed E-state index contributed by atoms with van der Waals surface area (Å²) in [6.07, 6.45) is 5.82. The third-order valence-corrected chi connectivity index (χ3v) is 3.55. The van der Waals surface area contributed by atoms with E-state index < -0.39 is 0 Å². The lowest BCUT2D eigenvalue weighted by Crippen LogP contribution is -2.43. The van der Waals surface area contributed by atoms with E-state index >= 15 is 0 Å². The Morgan fingerprint density at radius 3 is 3.15 bits per heavy atom. The van der Waals surface area contributed by atoms with Gasteiger partial charge in [-0.1, -0.05) is 6.07 Å². The number of amides is 1. The molecule has 0 aromatic carbocycles. The largest absolute Gasteiger partial charge is 0.337 e. The van der Waals surface area contributed by atoms with Gasteiger partial charge in [-0.15, -0.1) is 0 Å². The molecule has 1 aliphatic rings. The van der Waals surface area contributed by atoms with Crippen LogP contribution in [0.3, 0.4) is 0 Å². The lowest BCUT2D eigenvalue weighted by atomic mass is 9.98. The van der Waals surface area contributed by atoms with Crippen LogP contribution in [0.2, 0.25) is 0 Å². The number of carbonyl (C=O) groups excluding carboxylic acids is 1. The number of hydrogen-bond acceptors (Lipinski definition) is 4. The van der Waals surface area contributed by atoms with Crippen molar-refractivity contribution in [1.82, 2.24) is 15.2 Å². The van der Waals surface area contributed by atoms with Crippen LogP contribution in [0.4, 0.5) is 0 Å². The highest BCUT2D eigenvalue weighted by Crippen LogP contribution is 2.15. The number of aromatic nitrogens is 1. The van der Waals surface area contributed by atoms with Gasteiger partial charge in [-0.3, -0.25) is 9.78 Å². The molecule has 0 saturated carbocycles. The highest BCUT2D eigenvalue weighted by atomic mass is 16.2. The van der Waals surface area contributed by atoms with E-state index in [1.165, 1.54) is 0 Å². The van der Waals surface area contributed by atoms with Gasteiger partial charge in [-0.2, -0.15) is 5.26 Å². The molecule has 0 radical (unpaired) electrons. The fraction of sp³-hybridized carbons (Fsp3) is 0.533. The minimum absolute atomic E-state index is 0.0408. The number of nitrogens with zero attached hydrogens (tertiary/aromatic N) is 3. The summed E-state index contributed by atoms with van der Waals surface area (Å²) >= 11 is 0. The first-order valence-electron chi connectivity index (χ1n) is 7.06. The summed E-state index contributed by atoms with van der Waals surface area (Å²) in [5.74, 6) is 0.190.